The van der Waals surface area contributed by atoms with E-state index >= 15 is 0 Å². The maximum Gasteiger partial charge on any atom is 0.329 e. The Balaban J connectivity index is 1.85. The van der Waals surface area contributed by atoms with Gasteiger partial charge in [-0.15, -0.1) is 0 Å². The molecule has 0 bridgehead atoms. The van der Waals surface area contributed by atoms with Crippen molar-refractivity contribution in [1.29, 1.82) is 0 Å². The van der Waals surface area contributed by atoms with Crippen molar-refractivity contribution >= 4 is 11.9 Å². The Labute approximate surface area is 140 Å². The van der Waals surface area contributed by atoms with Gasteiger partial charge in [0, 0.05) is 6.61 Å². The number of aliphatic carboxylic acids is 1. The minimum absolute atomic E-state index is 0.154. The van der Waals surface area contributed by atoms with Gasteiger partial charge in [-0.25, -0.2) is 4.79 Å². The van der Waals surface area contributed by atoms with E-state index in [0.29, 0.717) is 26.2 Å². The second-order valence-electron chi connectivity index (χ2n) is 5.53. The minimum atomic E-state index is -1.03. The van der Waals surface area contributed by atoms with Gasteiger partial charge in [0.2, 0.25) is 5.91 Å². The molecule has 1 heterocycles. The van der Waals surface area contributed by atoms with Gasteiger partial charge in [0.1, 0.15) is 12.4 Å². The average Bonchev–Trinajstić information content (AvgIpc) is 2.56. The summed E-state index contributed by atoms with van der Waals surface area (Å²) in [4.78, 5) is 22.8. The fourth-order valence-corrected chi connectivity index (χ4v) is 2.54. The van der Waals surface area contributed by atoms with Crippen LogP contribution in [0.4, 0.5) is 0 Å². The van der Waals surface area contributed by atoms with E-state index in [1.54, 1.807) is 0 Å². The first-order chi connectivity index (χ1) is 11.6. The molecule has 1 aromatic rings. The van der Waals surface area contributed by atoms with E-state index in [9.17, 15) is 9.59 Å². The van der Waals surface area contributed by atoms with Crippen LogP contribution in [0.15, 0.2) is 24.3 Å². The standard InChI is InChI=1S/C17H23NO6/c1-2-23-13-5-3-12(4-6-13)9-16(19)18-14-10-22-8-7-15(14)24-11-17(20)21/h3-6,14-15H,2,7-11H2,1H3,(H,18,19)(H,20,21)/t14-,15+/m1/s1. The highest BCUT2D eigenvalue weighted by atomic mass is 16.5. The van der Waals surface area contributed by atoms with Crippen molar-refractivity contribution in [2.45, 2.75) is 31.9 Å². The number of hydrogen-bond donors (Lipinski definition) is 2. The molecule has 0 unspecified atom stereocenters. The van der Waals surface area contributed by atoms with Crippen molar-refractivity contribution < 1.29 is 28.9 Å². The van der Waals surface area contributed by atoms with Gasteiger partial charge in [-0.2, -0.15) is 0 Å². The maximum absolute atomic E-state index is 12.2. The van der Waals surface area contributed by atoms with Crippen LogP contribution >= 0.6 is 0 Å². The number of rotatable bonds is 8. The van der Waals surface area contributed by atoms with Crippen LogP contribution in [0.2, 0.25) is 0 Å². The molecule has 2 atom stereocenters. The molecule has 7 nitrogen and oxygen atoms in total. The summed E-state index contributed by atoms with van der Waals surface area (Å²) in [6, 6.07) is 7.01. The number of carbonyl (C=O) groups is 2. The summed E-state index contributed by atoms with van der Waals surface area (Å²) in [6.07, 6.45) is 0.440. The molecular weight excluding hydrogens is 314 g/mol. The Morgan fingerprint density at radius 3 is 2.75 bits per heavy atom. The van der Waals surface area contributed by atoms with Gasteiger partial charge in [0.15, 0.2) is 0 Å². The number of ether oxygens (including phenoxy) is 3. The number of nitrogens with one attached hydrogen (secondary N) is 1. The van der Waals surface area contributed by atoms with E-state index in [4.69, 9.17) is 19.3 Å². The molecule has 1 aliphatic rings. The third kappa shape index (κ3) is 5.82. The van der Waals surface area contributed by atoms with Crippen LogP contribution < -0.4 is 10.1 Å². The molecule has 1 aromatic carbocycles. The third-order valence-corrected chi connectivity index (χ3v) is 3.66. The number of carboxylic acids is 1. The monoisotopic (exact) mass is 337 g/mol. The lowest BCUT2D eigenvalue weighted by Gasteiger charge is -2.31. The van der Waals surface area contributed by atoms with E-state index in [1.165, 1.54) is 0 Å². The zero-order valence-corrected chi connectivity index (χ0v) is 13.7. The van der Waals surface area contributed by atoms with Crippen molar-refractivity contribution in [2.75, 3.05) is 26.4 Å². The number of carboxylic acid groups (broad SMARTS) is 1. The van der Waals surface area contributed by atoms with Crippen LogP contribution in [0.3, 0.4) is 0 Å². The number of carbonyl (C=O) groups excluding carboxylic acids is 1. The lowest BCUT2D eigenvalue weighted by Crippen LogP contribution is -2.51. The summed E-state index contributed by atoms with van der Waals surface area (Å²) in [7, 11) is 0. The molecule has 1 aliphatic heterocycles. The highest BCUT2D eigenvalue weighted by Crippen LogP contribution is 2.14. The molecule has 0 saturated carbocycles. The predicted molar refractivity (Wildman–Crippen MR) is 86.1 cm³/mol. The molecule has 0 spiro atoms. The van der Waals surface area contributed by atoms with E-state index in [2.05, 4.69) is 5.32 Å². The quantitative estimate of drug-likeness (QED) is 0.735. The molecule has 0 radical (unpaired) electrons. The summed E-state index contributed by atoms with van der Waals surface area (Å²) in [6.45, 7) is 2.94. The first-order valence-electron chi connectivity index (χ1n) is 8.00. The lowest BCUT2D eigenvalue weighted by molar-refractivity contribution is -0.148. The number of hydrogen-bond acceptors (Lipinski definition) is 5. The van der Waals surface area contributed by atoms with Crippen molar-refractivity contribution in [3.05, 3.63) is 29.8 Å². The first-order valence-corrected chi connectivity index (χ1v) is 8.00. The normalized spacial score (nSPS) is 20.4. The zero-order valence-electron chi connectivity index (χ0n) is 13.7. The maximum atomic E-state index is 12.2. The Bertz CT molecular complexity index is 545. The van der Waals surface area contributed by atoms with Crippen molar-refractivity contribution in [3.63, 3.8) is 0 Å². The van der Waals surface area contributed by atoms with Crippen molar-refractivity contribution in [2.24, 2.45) is 0 Å². The molecule has 132 valence electrons. The molecule has 0 aromatic heterocycles. The summed E-state index contributed by atoms with van der Waals surface area (Å²) < 4.78 is 16.1. The van der Waals surface area contributed by atoms with Crippen LogP contribution in [-0.4, -0.2) is 55.6 Å². The van der Waals surface area contributed by atoms with Gasteiger partial charge < -0.3 is 24.6 Å². The van der Waals surface area contributed by atoms with Crippen molar-refractivity contribution in [3.8, 4) is 5.75 Å². The smallest absolute Gasteiger partial charge is 0.329 e. The Hall–Kier alpha value is -2.12. The average molecular weight is 337 g/mol. The van der Waals surface area contributed by atoms with Crippen LogP contribution in [0.5, 0.6) is 5.75 Å². The van der Waals surface area contributed by atoms with Gasteiger partial charge in [-0.3, -0.25) is 4.79 Å². The van der Waals surface area contributed by atoms with E-state index in [-0.39, 0.29) is 31.1 Å². The Morgan fingerprint density at radius 2 is 2.08 bits per heavy atom. The highest BCUT2D eigenvalue weighted by molar-refractivity contribution is 5.79. The van der Waals surface area contributed by atoms with Gasteiger partial charge in [0.05, 0.1) is 31.8 Å². The molecule has 7 heteroatoms. The zero-order chi connectivity index (χ0) is 17.4. The van der Waals surface area contributed by atoms with Crippen molar-refractivity contribution in [1.82, 2.24) is 5.32 Å². The topological polar surface area (TPSA) is 94.1 Å². The molecule has 0 aliphatic carbocycles. The molecule has 2 N–H and O–H groups in total. The summed E-state index contributed by atoms with van der Waals surface area (Å²) in [5, 5.41) is 11.6. The van der Waals surface area contributed by atoms with E-state index in [0.717, 1.165) is 11.3 Å². The third-order valence-electron chi connectivity index (χ3n) is 3.66. The minimum Gasteiger partial charge on any atom is -0.494 e. The lowest BCUT2D eigenvalue weighted by atomic mass is 10.1. The Kier molecular flexibility index (Phi) is 7.02. The van der Waals surface area contributed by atoms with Gasteiger partial charge in [-0.05, 0) is 31.0 Å². The highest BCUT2D eigenvalue weighted by Gasteiger charge is 2.28. The summed E-state index contributed by atoms with van der Waals surface area (Å²) in [5.74, 6) is -0.413. The van der Waals surface area contributed by atoms with Crippen LogP contribution in [-0.2, 0) is 25.5 Å². The summed E-state index contributed by atoms with van der Waals surface area (Å²) in [5.41, 5.74) is 0.871. The molecule has 24 heavy (non-hydrogen) atoms. The van der Waals surface area contributed by atoms with Crippen LogP contribution in [0, 0.1) is 0 Å². The molecule has 2 rings (SSSR count). The molecule has 1 fully saturated rings. The molecule has 1 saturated heterocycles. The Morgan fingerprint density at radius 1 is 1.33 bits per heavy atom. The van der Waals surface area contributed by atoms with Crippen LogP contribution in [0.25, 0.3) is 0 Å². The van der Waals surface area contributed by atoms with Crippen LogP contribution in [0.1, 0.15) is 18.9 Å². The fourth-order valence-electron chi connectivity index (χ4n) is 2.54. The predicted octanol–water partition coefficient (Wildman–Crippen LogP) is 1.00. The molecule has 1 amide bonds. The van der Waals surface area contributed by atoms with Gasteiger partial charge in [0.25, 0.3) is 0 Å². The first kappa shape index (κ1) is 18.2. The number of benzene rings is 1. The summed E-state index contributed by atoms with van der Waals surface area (Å²) >= 11 is 0. The largest absolute Gasteiger partial charge is 0.494 e. The van der Waals surface area contributed by atoms with Gasteiger partial charge in [-0.1, -0.05) is 12.1 Å². The van der Waals surface area contributed by atoms with E-state index in [1.807, 2.05) is 31.2 Å². The SMILES string of the molecule is CCOc1ccc(CC(=O)N[C@@H]2COCC[C@@H]2OCC(=O)O)cc1. The van der Waals surface area contributed by atoms with E-state index < -0.39 is 5.97 Å². The second kappa shape index (κ2) is 9.24. The fraction of sp³-hybridized carbons (Fsp3) is 0.529. The molecular formula is C17H23NO6. The number of amides is 1. The van der Waals surface area contributed by atoms with Gasteiger partial charge >= 0.3 is 5.97 Å². The second-order valence-corrected chi connectivity index (χ2v) is 5.53.